The minimum absolute atomic E-state index is 0. The molecule has 0 N–H and O–H groups in total. The van der Waals surface area contributed by atoms with Gasteiger partial charge < -0.3 is 18.4 Å². The Bertz CT molecular complexity index is 3820. The molecule has 12 rings (SSSR count). The zero-order chi connectivity index (χ0) is 46.8. The van der Waals surface area contributed by atoms with E-state index in [2.05, 4.69) is 166 Å². The molecule has 0 bridgehead atoms. The largest absolute Gasteiger partial charge is 0.499 e. The van der Waals surface area contributed by atoms with Gasteiger partial charge in [0.2, 0.25) is 5.71 Å². The van der Waals surface area contributed by atoms with Crippen LogP contribution in [0.25, 0.3) is 105 Å². The average molecular weight is 1100 g/mol. The fraction of sp³-hybridized carbons (Fsp3) is 0.150. The van der Waals surface area contributed by atoms with Gasteiger partial charge in [0.15, 0.2) is 0 Å². The SMILES string of the molecule is CC(C)c1cc(-c2ccccc2)cc(C(C)C)c1-n1c(-c2[c-]ccc3c2oc2cc4c(nc23)oc2ccccc24)nc2ccc3ccccc3c21.C[Si](C)(C)c1ccc(-c2[c-]cc(F)cc2)nc1.[Ir]. The average Bonchev–Trinajstić information content (AvgIpc) is 4.04. The zero-order valence-corrected chi connectivity index (χ0v) is 42.9. The molecule has 0 aliphatic carbocycles. The number of fused-ring (bicyclic) bond motifs is 9. The molecular formula is C60H49FIrN4O2Si-2. The van der Waals surface area contributed by atoms with E-state index in [0.29, 0.717) is 16.9 Å². The Hall–Kier alpha value is -7.03. The molecule has 0 amide bonds. The van der Waals surface area contributed by atoms with Gasteiger partial charge in [-0.3, -0.25) is 9.37 Å². The molecule has 12 aromatic rings. The van der Waals surface area contributed by atoms with E-state index in [1.54, 1.807) is 6.07 Å². The van der Waals surface area contributed by atoms with Crippen molar-refractivity contribution in [3.8, 4) is 39.5 Å². The Morgan fingerprint density at radius 1 is 0.638 bits per heavy atom. The third-order valence-corrected chi connectivity index (χ3v) is 15.0. The zero-order valence-electron chi connectivity index (χ0n) is 39.5. The van der Waals surface area contributed by atoms with Crippen molar-refractivity contribution in [2.75, 3.05) is 0 Å². The summed E-state index contributed by atoms with van der Waals surface area (Å²) >= 11 is 0. The van der Waals surface area contributed by atoms with Crippen LogP contribution in [0.15, 0.2) is 167 Å². The van der Waals surface area contributed by atoms with E-state index in [0.717, 1.165) is 72.0 Å². The first-order valence-corrected chi connectivity index (χ1v) is 26.7. The molecule has 0 atom stereocenters. The number of rotatable bonds is 7. The molecular weight excluding hydrogens is 1050 g/mol. The molecule has 0 aliphatic heterocycles. The number of hydrogen-bond donors (Lipinski definition) is 0. The fourth-order valence-electron chi connectivity index (χ4n) is 9.36. The second-order valence-corrected chi connectivity index (χ2v) is 24.3. The van der Waals surface area contributed by atoms with Crippen molar-refractivity contribution in [2.24, 2.45) is 0 Å². The second-order valence-electron chi connectivity index (χ2n) is 19.2. The first-order valence-electron chi connectivity index (χ1n) is 23.2. The Labute approximate surface area is 415 Å². The van der Waals surface area contributed by atoms with Crippen molar-refractivity contribution in [3.05, 3.63) is 187 Å². The van der Waals surface area contributed by atoms with Gasteiger partial charge in [-0.2, -0.15) is 0 Å². The summed E-state index contributed by atoms with van der Waals surface area (Å²) in [4.78, 5) is 14.9. The van der Waals surface area contributed by atoms with Gasteiger partial charge in [0.25, 0.3) is 0 Å². The molecule has 0 saturated heterocycles. The molecule has 5 aromatic heterocycles. The number of aromatic nitrogens is 4. The van der Waals surface area contributed by atoms with Crippen LogP contribution in [0.2, 0.25) is 19.6 Å². The topological polar surface area (TPSA) is 69.9 Å². The van der Waals surface area contributed by atoms with E-state index in [-0.39, 0.29) is 37.8 Å². The van der Waals surface area contributed by atoms with E-state index in [4.69, 9.17) is 18.8 Å². The molecule has 5 heterocycles. The second kappa shape index (κ2) is 18.1. The number of pyridine rings is 2. The monoisotopic (exact) mass is 1100 g/mol. The maximum Gasteiger partial charge on any atom is 0.228 e. The minimum atomic E-state index is -1.30. The van der Waals surface area contributed by atoms with E-state index in [1.807, 2.05) is 42.6 Å². The third kappa shape index (κ3) is 8.28. The Kier molecular flexibility index (Phi) is 12.0. The summed E-state index contributed by atoms with van der Waals surface area (Å²) in [7, 11) is -1.30. The number of imidazole rings is 1. The van der Waals surface area contributed by atoms with Gasteiger partial charge in [0, 0.05) is 48.6 Å². The molecule has 69 heavy (non-hydrogen) atoms. The molecule has 0 fully saturated rings. The summed E-state index contributed by atoms with van der Waals surface area (Å²) in [5, 5.41) is 6.49. The summed E-state index contributed by atoms with van der Waals surface area (Å²) < 4.78 is 28.1. The van der Waals surface area contributed by atoms with Gasteiger partial charge in [0.05, 0.1) is 35.9 Å². The Balaban J connectivity index is 0.000000261. The van der Waals surface area contributed by atoms with Crippen LogP contribution in [0.1, 0.15) is 50.7 Å². The predicted molar refractivity (Wildman–Crippen MR) is 280 cm³/mol. The molecule has 6 nitrogen and oxygen atoms in total. The van der Waals surface area contributed by atoms with Crippen LogP contribution >= 0.6 is 0 Å². The van der Waals surface area contributed by atoms with Crippen molar-refractivity contribution in [3.63, 3.8) is 0 Å². The van der Waals surface area contributed by atoms with Gasteiger partial charge >= 0.3 is 0 Å². The number of benzene rings is 7. The van der Waals surface area contributed by atoms with Crippen molar-refractivity contribution in [1.82, 2.24) is 19.5 Å². The molecule has 0 spiro atoms. The third-order valence-electron chi connectivity index (χ3n) is 12.9. The van der Waals surface area contributed by atoms with Crippen LogP contribution < -0.4 is 5.19 Å². The van der Waals surface area contributed by atoms with Gasteiger partial charge in [-0.15, -0.1) is 48.0 Å². The predicted octanol–water partition coefficient (Wildman–Crippen LogP) is 16.0. The molecule has 0 saturated carbocycles. The summed E-state index contributed by atoms with van der Waals surface area (Å²) in [5.41, 5.74) is 14.2. The normalized spacial score (nSPS) is 11.9. The van der Waals surface area contributed by atoms with E-state index >= 15 is 0 Å². The van der Waals surface area contributed by atoms with Gasteiger partial charge in [0.1, 0.15) is 16.7 Å². The van der Waals surface area contributed by atoms with Crippen LogP contribution in [0.5, 0.6) is 0 Å². The van der Waals surface area contributed by atoms with Crippen molar-refractivity contribution >= 4 is 79.2 Å². The van der Waals surface area contributed by atoms with Crippen LogP contribution in [0.3, 0.4) is 0 Å². The van der Waals surface area contributed by atoms with Crippen molar-refractivity contribution in [2.45, 2.75) is 59.2 Å². The van der Waals surface area contributed by atoms with Crippen LogP contribution in [-0.4, -0.2) is 27.6 Å². The molecule has 0 unspecified atom stereocenters. The summed E-state index contributed by atoms with van der Waals surface area (Å²) in [6, 6.07) is 57.4. The maximum atomic E-state index is 12.8. The van der Waals surface area contributed by atoms with Crippen LogP contribution in [0, 0.1) is 17.9 Å². The van der Waals surface area contributed by atoms with Crippen molar-refractivity contribution < 1.29 is 33.3 Å². The number of para-hydroxylation sites is 1. The number of furan rings is 2. The van der Waals surface area contributed by atoms with Gasteiger partial charge in [-0.1, -0.05) is 144 Å². The maximum absolute atomic E-state index is 12.8. The Morgan fingerprint density at radius 3 is 2.06 bits per heavy atom. The van der Waals surface area contributed by atoms with Crippen LogP contribution in [-0.2, 0) is 20.1 Å². The number of halogens is 1. The summed E-state index contributed by atoms with van der Waals surface area (Å²) in [5.74, 6) is 0.993. The first-order chi connectivity index (χ1) is 32.9. The van der Waals surface area contributed by atoms with Crippen molar-refractivity contribution in [1.29, 1.82) is 0 Å². The standard InChI is InChI=1S/C46H34N3O2.C14H15FNSi.Ir/c1-26(2)35-23-30(28-13-6-5-7-14-28)24-36(27(3)4)42(35)49-43-31-16-9-8-15-29(31)21-22-38(43)47-45(49)34-19-12-18-33-41-40(50-44(33)34)25-37-32-17-10-11-20-39(32)51-46(37)48-41;1-17(2,3)13-8-9-14(16-10-13)11-4-6-12(15)7-5-11;/h5-18,20-27H,1-4H3;4,6-10H,1-3H3;/q2*-1;. The first kappa shape index (κ1) is 45.7. The quantitative estimate of drug-likeness (QED) is 0.117. The smallest absolute Gasteiger partial charge is 0.228 e. The van der Waals surface area contributed by atoms with E-state index in [1.165, 1.54) is 45.0 Å². The molecule has 9 heteroatoms. The Morgan fingerprint density at radius 2 is 1.36 bits per heavy atom. The molecule has 0 aliphatic rings. The van der Waals surface area contributed by atoms with Gasteiger partial charge in [-0.25, -0.2) is 4.98 Å². The number of hydrogen-bond acceptors (Lipinski definition) is 5. The van der Waals surface area contributed by atoms with Crippen LogP contribution in [0.4, 0.5) is 4.39 Å². The van der Waals surface area contributed by atoms with E-state index < -0.39 is 8.07 Å². The summed E-state index contributed by atoms with van der Waals surface area (Å²) in [6.07, 6.45) is 1.93. The number of nitrogens with zero attached hydrogens (tertiary/aromatic N) is 4. The fourth-order valence-corrected chi connectivity index (χ4v) is 10.4. The molecule has 343 valence electrons. The van der Waals surface area contributed by atoms with Gasteiger partial charge in [-0.05, 0) is 86.1 Å². The van der Waals surface area contributed by atoms with E-state index in [9.17, 15) is 4.39 Å². The summed E-state index contributed by atoms with van der Waals surface area (Å²) in [6.45, 7) is 16.0. The minimum Gasteiger partial charge on any atom is -0.499 e. The molecule has 7 aromatic carbocycles. The molecule has 1 radical (unpaired) electrons.